The van der Waals surface area contributed by atoms with Crippen LogP contribution >= 0.6 is 0 Å². The zero-order valence-electron chi connectivity index (χ0n) is 18.1. The van der Waals surface area contributed by atoms with E-state index in [0.717, 1.165) is 33.4 Å². The highest BCUT2D eigenvalue weighted by atomic mass is 16.4. The number of hydrogen-bond donors (Lipinski definition) is 2. The Morgan fingerprint density at radius 2 is 1.50 bits per heavy atom. The summed E-state index contributed by atoms with van der Waals surface area (Å²) in [5.74, 6) is -0.583. The van der Waals surface area contributed by atoms with Gasteiger partial charge in [-0.3, -0.25) is 0 Å². The van der Waals surface area contributed by atoms with E-state index in [1.165, 1.54) is 6.08 Å². The number of phenols is 1. The van der Waals surface area contributed by atoms with E-state index >= 15 is 0 Å². The Labute approximate surface area is 168 Å². The number of benzene rings is 2. The zero-order chi connectivity index (χ0) is 21.3. The number of carboxylic acids is 1. The average Bonchev–Trinajstić information content (AvgIpc) is 2.53. The summed E-state index contributed by atoms with van der Waals surface area (Å²) >= 11 is 0. The molecule has 0 bridgehead atoms. The minimum Gasteiger partial charge on any atom is -0.507 e. The van der Waals surface area contributed by atoms with Gasteiger partial charge in [0.15, 0.2) is 0 Å². The molecular formula is C25H32O3. The van der Waals surface area contributed by atoms with Crippen LogP contribution in [0.3, 0.4) is 0 Å². The quantitative estimate of drug-likeness (QED) is 0.641. The minimum absolute atomic E-state index is 0.182. The molecular weight excluding hydrogens is 348 g/mol. The van der Waals surface area contributed by atoms with Crippen molar-refractivity contribution in [1.82, 2.24) is 0 Å². The lowest BCUT2D eigenvalue weighted by atomic mass is 9.77. The van der Waals surface area contributed by atoms with Gasteiger partial charge >= 0.3 is 5.97 Å². The first-order chi connectivity index (χ1) is 12.8. The molecule has 3 nitrogen and oxygen atoms in total. The summed E-state index contributed by atoms with van der Waals surface area (Å²) < 4.78 is 0. The highest BCUT2D eigenvalue weighted by Gasteiger charge is 2.26. The van der Waals surface area contributed by atoms with Crippen molar-refractivity contribution in [3.63, 3.8) is 0 Å². The number of carbonyl (C=O) groups is 1. The summed E-state index contributed by atoms with van der Waals surface area (Å²) in [5.41, 5.74) is 5.72. The molecule has 0 aliphatic heterocycles. The molecule has 0 aromatic heterocycles. The summed E-state index contributed by atoms with van der Waals surface area (Å²) in [6.07, 6.45) is 3.49. The predicted molar refractivity (Wildman–Crippen MR) is 116 cm³/mol. The molecule has 2 aromatic carbocycles. The number of aliphatic carboxylic acids is 1. The van der Waals surface area contributed by atoms with Gasteiger partial charge < -0.3 is 10.2 Å². The van der Waals surface area contributed by atoms with E-state index in [9.17, 15) is 9.90 Å². The van der Waals surface area contributed by atoms with Crippen molar-refractivity contribution in [3.8, 4) is 5.75 Å². The Kier molecular flexibility index (Phi) is 6.08. The lowest BCUT2D eigenvalue weighted by Crippen LogP contribution is -2.18. The first kappa shape index (κ1) is 21.7. The molecule has 2 rings (SSSR count). The Hall–Kier alpha value is -2.55. The number of carboxylic acid groups (broad SMARTS) is 1. The van der Waals surface area contributed by atoms with Crippen LogP contribution in [0.25, 0.3) is 6.08 Å². The summed E-state index contributed by atoms with van der Waals surface area (Å²) in [6, 6.07) is 10.2. The molecule has 0 radical (unpaired) electrons. The van der Waals surface area contributed by atoms with Gasteiger partial charge in [-0.2, -0.15) is 0 Å². The number of aryl methyl sites for hydroxylation is 1. The van der Waals surface area contributed by atoms with Crippen LogP contribution in [0.4, 0.5) is 0 Å². The molecule has 0 amide bonds. The van der Waals surface area contributed by atoms with E-state index in [4.69, 9.17) is 5.11 Å². The predicted octanol–water partition coefficient (Wildman–Crippen LogP) is 5.98. The molecule has 28 heavy (non-hydrogen) atoms. The second kappa shape index (κ2) is 7.83. The second-order valence-corrected chi connectivity index (χ2v) is 9.59. The van der Waals surface area contributed by atoms with Crippen LogP contribution in [0.1, 0.15) is 74.9 Å². The lowest BCUT2D eigenvalue weighted by Gasteiger charge is -2.28. The van der Waals surface area contributed by atoms with Crippen molar-refractivity contribution >= 4 is 12.0 Å². The lowest BCUT2D eigenvalue weighted by molar-refractivity contribution is -0.131. The maximum Gasteiger partial charge on any atom is 0.328 e. The fourth-order valence-corrected chi connectivity index (χ4v) is 3.37. The van der Waals surface area contributed by atoms with Gasteiger partial charge in [0.1, 0.15) is 5.75 Å². The van der Waals surface area contributed by atoms with E-state index in [0.29, 0.717) is 12.2 Å². The number of rotatable bonds is 4. The van der Waals surface area contributed by atoms with Gasteiger partial charge in [0.05, 0.1) is 0 Å². The van der Waals surface area contributed by atoms with E-state index < -0.39 is 5.97 Å². The molecule has 2 aromatic rings. The van der Waals surface area contributed by atoms with E-state index in [-0.39, 0.29) is 10.8 Å². The molecule has 0 heterocycles. The van der Waals surface area contributed by atoms with Crippen LogP contribution in [-0.2, 0) is 22.0 Å². The second-order valence-electron chi connectivity index (χ2n) is 9.59. The van der Waals surface area contributed by atoms with Gasteiger partial charge in [-0.1, -0.05) is 77.4 Å². The third-order valence-electron chi connectivity index (χ3n) is 4.88. The van der Waals surface area contributed by atoms with Crippen LogP contribution in [0, 0.1) is 6.92 Å². The SMILES string of the molecule is Cc1ccc(C=CC(=O)O)c(Cc2cc(C(C)(C)C)c(O)c(C(C)(C)C)c2)c1. The number of phenolic OH excluding ortho intramolecular Hbond substituents is 1. The number of hydrogen-bond acceptors (Lipinski definition) is 2. The van der Waals surface area contributed by atoms with Gasteiger partial charge in [0.25, 0.3) is 0 Å². The highest BCUT2D eigenvalue weighted by molar-refractivity contribution is 5.85. The largest absolute Gasteiger partial charge is 0.507 e. The average molecular weight is 381 g/mol. The molecule has 3 heteroatoms. The third kappa shape index (κ3) is 5.25. The summed E-state index contributed by atoms with van der Waals surface area (Å²) in [6.45, 7) is 14.7. The molecule has 0 fully saturated rings. The standard InChI is InChI=1S/C25H32O3/c1-16-8-9-18(10-11-22(26)27)19(12-16)13-17-14-20(24(2,3)4)23(28)21(15-17)25(5,6)7/h8-12,14-15,28H,13H2,1-7H3,(H,26,27). The summed E-state index contributed by atoms with van der Waals surface area (Å²) in [7, 11) is 0. The van der Waals surface area contributed by atoms with Crippen molar-refractivity contribution in [3.05, 3.63) is 69.8 Å². The molecule has 0 unspecified atom stereocenters. The van der Waals surface area contributed by atoms with Crippen LogP contribution in [0.2, 0.25) is 0 Å². The van der Waals surface area contributed by atoms with Gasteiger partial charge in [-0.25, -0.2) is 4.79 Å². The maximum absolute atomic E-state index is 10.9. The molecule has 0 saturated carbocycles. The molecule has 0 saturated heterocycles. The van der Waals surface area contributed by atoms with Gasteiger partial charge in [0.2, 0.25) is 0 Å². The third-order valence-corrected chi connectivity index (χ3v) is 4.88. The van der Waals surface area contributed by atoms with Gasteiger partial charge in [-0.15, -0.1) is 0 Å². The maximum atomic E-state index is 10.9. The molecule has 0 aliphatic rings. The first-order valence-electron chi connectivity index (χ1n) is 9.66. The Balaban J connectivity index is 2.61. The molecule has 0 aliphatic carbocycles. The number of aromatic hydroxyl groups is 1. The van der Waals surface area contributed by atoms with Crippen LogP contribution in [0.15, 0.2) is 36.4 Å². The summed E-state index contributed by atoms with van der Waals surface area (Å²) in [5, 5.41) is 19.9. The van der Waals surface area contributed by atoms with Gasteiger partial charge in [-0.05, 0) is 58.1 Å². The van der Waals surface area contributed by atoms with E-state index in [1.54, 1.807) is 6.08 Å². The van der Waals surface area contributed by atoms with E-state index in [2.05, 4.69) is 59.7 Å². The first-order valence-corrected chi connectivity index (χ1v) is 9.66. The van der Waals surface area contributed by atoms with Crippen LogP contribution in [-0.4, -0.2) is 16.2 Å². The molecule has 150 valence electrons. The fraction of sp³-hybridized carbons (Fsp3) is 0.400. The Morgan fingerprint density at radius 1 is 0.964 bits per heavy atom. The monoisotopic (exact) mass is 380 g/mol. The van der Waals surface area contributed by atoms with Crippen molar-refractivity contribution in [2.75, 3.05) is 0 Å². The Morgan fingerprint density at radius 3 is 1.96 bits per heavy atom. The molecule has 0 spiro atoms. The van der Waals surface area contributed by atoms with Crippen molar-refractivity contribution in [1.29, 1.82) is 0 Å². The molecule has 0 atom stereocenters. The Bertz CT molecular complexity index is 871. The smallest absolute Gasteiger partial charge is 0.328 e. The van der Waals surface area contributed by atoms with Crippen molar-refractivity contribution in [2.45, 2.75) is 65.7 Å². The highest BCUT2D eigenvalue weighted by Crippen LogP contribution is 2.40. The van der Waals surface area contributed by atoms with E-state index in [1.807, 2.05) is 19.1 Å². The normalized spacial score (nSPS) is 12.5. The fourth-order valence-electron chi connectivity index (χ4n) is 3.37. The van der Waals surface area contributed by atoms with Crippen LogP contribution < -0.4 is 0 Å². The van der Waals surface area contributed by atoms with Crippen molar-refractivity contribution < 1.29 is 15.0 Å². The van der Waals surface area contributed by atoms with Gasteiger partial charge in [0, 0.05) is 6.08 Å². The van der Waals surface area contributed by atoms with Crippen LogP contribution in [0.5, 0.6) is 5.75 Å². The van der Waals surface area contributed by atoms with Crippen molar-refractivity contribution in [2.24, 2.45) is 0 Å². The summed E-state index contributed by atoms with van der Waals surface area (Å²) in [4.78, 5) is 10.9. The zero-order valence-corrected chi connectivity index (χ0v) is 18.1. The molecule has 2 N–H and O–H groups in total. The minimum atomic E-state index is -0.957. The topological polar surface area (TPSA) is 57.5 Å².